The second-order valence-corrected chi connectivity index (χ2v) is 39.0. The van der Waals surface area contributed by atoms with Crippen molar-refractivity contribution in [3.8, 4) is 28.5 Å². The van der Waals surface area contributed by atoms with E-state index in [2.05, 4.69) is 453 Å². The van der Waals surface area contributed by atoms with E-state index in [-0.39, 0.29) is 0 Å². The molecule has 3 aliphatic heterocycles. The van der Waals surface area contributed by atoms with E-state index in [0.717, 1.165) is 189 Å². The first-order valence-electron chi connectivity index (χ1n) is 50.2. The molecule has 14 nitrogen and oxygen atoms in total. The van der Waals surface area contributed by atoms with Crippen LogP contribution in [0.3, 0.4) is 0 Å². The summed E-state index contributed by atoms with van der Waals surface area (Å²) in [7, 11) is 0. The fourth-order valence-corrected chi connectivity index (χ4v) is 24.3. The number of hydrogen-bond donors (Lipinski definition) is 0. The summed E-state index contributed by atoms with van der Waals surface area (Å²) < 4.78 is 11.1. The van der Waals surface area contributed by atoms with E-state index in [1.165, 1.54) is 68.9 Å². The van der Waals surface area contributed by atoms with Gasteiger partial charge in [-0.3, -0.25) is 14.8 Å². The van der Waals surface area contributed by atoms with Gasteiger partial charge in [-0.15, -0.1) is 11.3 Å². The summed E-state index contributed by atoms with van der Waals surface area (Å²) in [6.07, 6.45) is 5.90. The fourth-order valence-electron chi connectivity index (χ4n) is 23.1. The predicted molar refractivity (Wildman–Crippen MR) is 620 cm³/mol. The van der Waals surface area contributed by atoms with Crippen LogP contribution in [-0.4, -0.2) is 34.5 Å². The minimum atomic E-state index is 0.562. The zero-order chi connectivity index (χ0) is 97.8. The summed E-state index contributed by atoms with van der Waals surface area (Å²) in [5, 5.41) is 24.4. The number of aromatic nitrogens is 7. The van der Waals surface area contributed by atoms with E-state index in [0.29, 0.717) is 23.5 Å². The Bertz CT molecular complexity index is 10500. The van der Waals surface area contributed by atoms with Gasteiger partial charge in [0.25, 0.3) is 0 Å². The van der Waals surface area contributed by atoms with Crippen molar-refractivity contribution in [1.29, 1.82) is 0 Å². The van der Waals surface area contributed by atoms with E-state index >= 15 is 0 Å². The average Bonchev–Trinajstić information content (AvgIpc) is 1.19. The van der Waals surface area contributed by atoms with Crippen LogP contribution in [0.1, 0.15) is 0 Å². The van der Waals surface area contributed by atoms with Gasteiger partial charge in [0.05, 0.1) is 107 Å². The van der Waals surface area contributed by atoms with Crippen LogP contribution in [0, 0.1) is 0 Å². The molecule has 9 heterocycles. The largest absolute Gasteiger partial charge is 0.456 e. The van der Waals surface area contributed by atoms with Crippen molar-refractivity contribution in [1.82, 2.24) is 34.5 Å². The van der Waals surface area contributed by atoms with Gasteiger partial charge in [0, 0.05) is 126 Å². The molecule has 0 spiro atoms. The lowest BCUT2D eigenvalue weighted by Crippen LogP contribution is -2.26. The number of fused-ring (bicyclic) bond motifs is 29. The van der Waals surface area contributed by atoms with E-state index in [1.54, 1.807) is 0 Å². The zero-order valence-electron chi connectivity index (χ0n) is 80.1. The van der Waals surface area contributed by atoms with Crippen LogP contribution in [0.25, 0.3) is 179 Å². The number of furan rings is 1. The fraction of sp³-hybridized carbons (Fsp3) is 0. The highest BCUT2D eigenvalue weighted by Gasteiger charge is 2.41. The number of anilines is 18. The van der Waals surface area contributed by atoms with Crippen LogP contribution in [0.2, 0.25) is 0 Å². The molecule has 23 aromatic carbocycles. The Morgan fingerprint density at radius 1 is 0.201 bits per heavy atom. The second-order valence-electron chi connectivity index (χ2n) is 38.0. The quantitative estimate of drug-likeness (QED) is 0.137. The molecule has 0 aliphatic carbocycles. The maximum Gasteiger partial charge on any atom is 0.238 e. The van der Waals surface area contributed by atoms with Gasteiger partial charge >= 0.3 is 0 Å². The molecule has 0 unspecified atom stereocenters. The lowest BCUT2D eigenvalue weighted by molar-refractivity contribution is 0.669. The molecular weight excluding hydrogens is 1840 g/mol. The molecular formula is C134H83N13OS. The highest BCUT2D eigenvalue weighted by molar-refractivity contribution is 7.26. The molecule has 15 heteroatoms. The molecule has 0 radical (unpaired) electrons. The normalized spacial score (nSPS) is 12.6. The predicted octanol–water partition coefficient (Wildman–Crippen LogP) is 37.1. The van der Waals surface area contributed by atoms with Gasteiger partial charge in [-0.25, -0.2) is 15.0 Å². The van der Waals surface area contributed by atoms with Crippen molar-refractivity contribution in [2.24, 2.45) is 0 Å². The molecule has 32 rings (SSSR count). The molecule has 149 heavy (non-hydrogen) atoms. The first-order valence-corrected chi connectivity index (χ1v) is 51.0. The first kappa shape index (κ1) is 84.7. The van der Waals surface area contributed by atoms with Crippen LogP contribution in [0.5, 0.6) is 0 Å². The summed E-state index contributed by atoms with van der Waals surface area (Å²) in [6.45, 7) is 0. The standard InChI is InChI=1S/C47H29N5S.C47H30N4.C40H24N4O/c1-3-16-32(17-4-1)45-48-46(33-18-5-2-6-19-33)50-47(49-45)52-39-29-27-30-14-7-9-20-34(30)42(39)51(38-28-26-31-15-8-10-21-35(31)43(38)52)40-24-13-23-37-36-22-11-12-25-41(36)53-44(37)40;1-2-15-34(16-3-1)49-41-21-11-10-20-39(41)40-28-35(24-27-42(40)49)50-43-25-22-32-13-5-9-19-38(32)47(43)51(45-30-48-29-33-14-6-7-17-36(33)45)44-26-23-31-12-4-8-18-37(31)46(44)50;1-4-12-29-25(9-1)18-21-35-38(29)43(28-19-22-37-32(23-28)31-14-6-8-16-36(31)45-37)34-20-17-26-10-2-5-13-30(26)39(34)44(35)40-41-24-27-11-3-7-15-33(27)42-40/h1-29H;1-30H;1-24H. The molecule has 696 valence electrons. The molecule has 0 bridgehead atoms. The molecule has 29 aromatic rings. The summed E-state index contributed by atoms with van der Waals surface area (Å²) in [6, 6.07) is 172. The number of nitrogens with zero attached hydrogens (tertiary/aromatic N) is 13. The highest BCUT2D eigenvalue weighted by atomic mass is 32.1. The molecule has 6 aromatic heterocycles. The molecule has 0 saturated carbocycles. The third-order valence-corrected chi connectivity index (χ3v) is 30.9. The maximum absolute atomic E-state index is 6.23. The molecule has 0 N–H and O–H groups in total. The Morgan fingerprint density at radius 3 is 1.14 bits per heavy atom. The minimum Gasteiger partial charge on any atom is -0.456 e. The Labute approximate surface area is 858 Å². The Balaban J connectivity index is 0.000000103. The molecule has 0 amide bonds. The molecule has 0 atom stereocenters. The summed E-state index contributed by atoms with van der Waals surface area (Å²) in [5.74, 6) is 2.44. The van der Waals surface area contributed by atoms with E-state index in [4.69, 9.17) is 34.3 Å². The molecule has 0 saturated heterocycles. The zero-order valence-corrected chi connectivity index (χ0v) is 80.9. The third-order valence-electron chi connectivity index (χ3n) is 29.7. The average molecular weight is 1920 g/mol. The number of para-hydroxylation sites is 4. The van der Waals surface area contributed by atoms with Gasteiger partial charge in [0.15, 0.2) is 11.6 Å². The number of pyridine rings is 1. The number of thiophene rings is 1. The number of rotatable bonds is 9. The van der Waals surface area contributed by atoms with Crippen LogP contribution >= 0.6 is 11.3 Å². The van der Waals surface area contributed by atoms with Crippen LogP contribution in [0.15, 0.2) is 508 Å². The van der Waals surface area contributed by atoms with Crippen LogP contribution < -0.4 is 29.4 Å². The van der Waals surface area contributed by atoms with Crippen molar-refractivity contribution in [3.63, 3.8) is 0 Å². The van der Waals surface area contributed by atoms with Crippen LogP contribution in [-0.2, 0) is 0 Å². The van der Waals surface area contributed by atoms with Crippen molar-refractivity contribution >= 4 is 264 Å². The van der Waals surface area contributed by atoms with Gasteiger partial charge < -0.3 is 28.6 Å². The molecule has 0 fully saturated rings. The maximum atomic E-state index is 6.23. The summed E-state index contributed by atoms with van der Waals surface area (Å²) in [5.41, 5.74) is 25.3. The number of hydrogen-bond acceptors (Lipinski definition) is 14. The van der Waals surface area contributed by atoms with Gasteiger partial charge in [-0.05, 0) is 148 Å². The number of benzene rings is 23. The van der Waals surface area contributed by atoms with Gasteiger partial charge in [0.1, 0.15) is 11.2 Å². The third kappa shape index (κ3) is 13.6. The Morgan fingerprint density at radius 2 is 0.591 bits per heavy atom. The van der Waals surface area contributed by atoms with E-state index in [1.807, 2.05) is 96.7 Å². The first-order chi connectivity index (χ1) is 73.9. The summed E-state index contributed by atoms with van der Waals surface area (Å²) >= 11 is 1.85. The highest BCUT2D eigenvalue weighted by Crippen LogP contribution is 2.64. The SMILES string of the molecule is c1ccc(-c2nc(-c3ccccc3)nc(N3c4ccc5ccccc5c4N(c4cccc5c4sc4ccccc45)c4ccc5ccccc5c43)n2)cc1.c1ccc(-n2c3ccccc3c3cc(N4c5ccc6ccccc6c5N(c5cncc6ccccc56)c5ccc6ccccc6c54)ccc32)cc1.c1ccc2nc(N3c4ccc5ccccc5c4N(c4ccc5oc6ccccc6c5c4)c4ccc5ccccc5c43)ncc2c1. The van der Waals surface area contributed by atoms with Crippen molar-refractivity contribution in [2.75, 3.05) is 29.4 Å². The topological polar surface area (TPSA) is 115 Å². The van der Waals surface area contributed by atoms with Crippen molar-refractivity contribution in [2.45, 2.75) is 0 Å². The van der Waals surface area contributed by atoms with Gasteiger partial charge in [0.2, 0.25) is 11.9 Å². The Hall–Kier alpha value is -20.0. The lowest BCUT2D eigenvalue weighted by Gasteiger charge is -2.42. The monoisotopic (exact) mass is 1920 g/mol. The smallest absolute Gasteiger partial charge is 0.238 e. The van der Waals surface area contributed by atoms with Gasteiger partial charge in [-0.2, -0.15) is 9.97 Å². The van der Waals surface area contributed by atoms with E-state index < -0.39 is 0 Å². The van der Waals surface area contributed by atoms with E-state index in [9.17, 15) is 0 Å². The van der Waals surface area contributed by atoms with Crippen LogP contribution in [0.4, 0.5) is 103 Å². The minimum absolute atomic E-state index is 0.562. The van der Waals surface area contributed by atoms with Crippen molar-refractivity contribution < 1.29 is 4.42 Å². The van der Waals surface area contributed by atoms with Crippen molar-refractivity contribution in [3.05, 3.63) is 504 Å². The Kier molecular flexibility index (Phi) is 19.5. The molecule has 3 aliphatic rings. The summed E-state index contributed by atoms with van der Waals surface area (Å²) in [4.78, 5) is 44.9. The second kappa shape index (κ2) is 34.4. The van der Waals surface area contributed by atoms with Gasteiger partial charge in [-0.1, -0.05) is 370 Å². The lowest BCUT2D eigenvalue weighted by atomic mass is 9.96.